The Hall–Kier alpha value is -7.50. The molecule has 4 N–H and O–H groups in total. The number of imide groups is 1. The second-order valence-electron chi connectivity index (χ2n) is 18.9. The highest BCUT2D eigenvalue weighted by atomic mass is 32.1. The zero-order valence-corrected chi connectivity index (χ0v) is 40.7. The Balaban J connectivity index is 0.704. The van der Waals surface area contributed by atoms with Crippen molar-refractivity contribution in [3.8, 4) is 16.9 Å². The number of aryl methyl sites for hydroxylation is 2. The van der Waals surface area contributed by atoms with Crippen LogP contribution in [0.5, 0.6) is 5.75 Å². The van der Waals surface area contributed by atoms with E-state index >= 15 is 0 Å². The number of benzene rings is 4. The van der Waals surface area contributed by atoms with Crippen LogP contribution >= 0.6 is 11.3 Å². The molecule has 17 heteroatoms. The lowest BCUT2D eigenvalue weighted by atomic mass is 9.91. The molecule has 0 bridgehead atoms. The van der Waals surface area contributed by atoms with Gasteiger partial charge in [-0.15, -0.1) is 0 Å². The number of fused-ring (bicyclic) bond motifs is 3. The van der Waals surface area contributed by atoms with Gasteiger partial charge in [-0.25, -0.2) is 14.8 Å². The standard InChI is InChI=1S/C54H55N9O7S/c1-31-27-36(70-32(2)11-12-33-21-24-62(25-22-33)30-48(65)55-35-13-15-40-44(28-35)61(3)60-49(40)41-18-20-47(64)58-52(41)67)14-16-37(31)38-17-19-46(57-50(38)53(68)69)63-26-23-34-7-6-8-39(42(34)29-63)51(66)59-54-56-43-9-4-5-10-45(43)71-54/h4-10,13-17,19,27-28,32-33,41H,11-12,18,20-26,29-30H2,1-3H3,(H,55,65)(H,68,69)(H,56,59,66)(H,58,64,67). The summed E-state index contributed by atoms with van der Waals surface area (Å²) in [7, 11) is 1.81. The molecule has 2 unspecified atom stereocenters. The second kappa shape index (κ2) is 20.1. The number of para-hydroxylation sites is 1. The molecule has 2 saturated heterocycles. The number of hydrogen-bond donors (Lipinski definition) is 4. The van der Waals surface area contributed by atoms with Gasteiger partial charge in [-0.3, -0.25) is 39.4 Å². The number of thiazole rings is 1. The molecule has 2 fully saturated rings. The third-order valence-electron chi connectivity index (χ3n) is 14.1. The Kier molecular flexibility index (Phi) is 13.3. The van der Waals surface area contributed by atoms with Crippen molar-refractivity contribution >= 4 is 78.7 Å². The highest BCUT2D eigenvalue weighted by Gasteiger charge is 2.32. The summed E-state index contributed by atoms with van der Waals surface area (Å²) in [6.07, 6.45) is 5.20. The van der Waals surface area contributed by atoms with Crippen LogP contribution in [0.25, 0.3) is 32.2 Å². The maximum Gasteiger partial charge on any atom is 0.355 e. The summed E-state index contributed by atoms with van der Waals surface area (Å²) < 4.78 is 9.09. The number of carboxylic acids is 1. The van der Waals surface area contributed by atoms with E-state index in [1.165, 1.54) is 11.3 Å². The van der Waals surface area contributed by atoms with Crippen molar-refractivity contribution < 1.29 is 33.8 Å². The summed E-state index contributed by atoms with van der Waals surface area (Å²) in [6, 6.07) is 28.5. The summed E-state index contributed by atoms with van der Waals surface area (Å²) in [5, 5.41) is 24.8. The minimum atomic E-state index is -1.12. The topological polar surface area (TPSA) is 201 Å². The van der Waals surface area contributed by atoms with Gasteiger partial charge in [0.1, 0.15) is 11.6 Å². The summed E-state index contributed by atoms with van der Waals surface area (Å²) in [6.45, 7) is 7.00. The molecule has 364 valence electrons. The molecular weight excluding hydrogens is 919 g/mol. The number of carbonyl (C=O) groups excluding carboxylic acids is 4. The number of rotatable bonds is 14. The minimum Gasteiger partial charge on any atom is -0.491 e. The van der Waals surface area contributed by atoms with E-state index in [1.54, 1.807) is 11.7 Å². The number of anilines is 3. The quantitative estimate of drug-likeness (QED) is 0.0759. The van der Waals surface area contributed by atoms with Gasteiger partial charge in [-0.1, -0.05) is 41.7 Å². The van der Waals surface area contributed by atoms with Crippen LogP contribution in [0.2, 0.25) is 0 Å². The van der Waals surface area contributed by atoms with Crippen LogP contribution in [-0.4, -0.2) is 91.6 Å². The highest BCUT2D eigenvalue weighted by Crippen LogP contribution is 2.35. The molecule has 0 aliphatic carbocycles. The predicted molar refractivity (Wildman–Crippen MR) is 273 cm³/mol. The zero-order valence-electron chi connectivity index (χ0n) is 39.9. The second-order valence-corrected chi connectivity index (χ2v) is 20.0. The first kappa shape index (κ1) is 47.2. The van der Waals surface area contributed by atoms with Crippen molar-refractivity contribution in [1.82, 2.24) is 30.0 Å². The van der Waals surface area contributed by atoms with E-state index in [1.807, 2.05) is 103 Å². The van der Waals surface area contributed by atoms with Crippen molar-refractivity contribution in [2.24, 2.45) is 13.0 Å². The van der Waals surface area contributed by atoms with E-state index in [0.29, 0.717) is 77.6 Å². The van der Waals surface area contributed by atoms with Crippen LogP contribution in [-0.2, 0) is 34.4 Å². The van der Waals surface area contributed by atoms with E-state index in [9.17, 15) is 29.1 Å². The fourth-order valence-electron chi connectivity index (χ4n) is 10.3. The Bertz CT molecular complexity index is 3200. The highest BCUT2D eigenvalue weighted by molar-refractivity contribution is 7.22. The number of likely N-dealkylation sites (tertiary alicyclic amines) is 1. The van der Waals surface area contributed by atoms with Crippen LogP contribution in [0, 0.1) is 12.8 Å². The Morgan fingerprint density at radius 3 is 2.51 bits per heavy atom. The van der Waals surface area contributed by atoms with Crippen molar-refractivity contribution in [3.63, 3.8) is 0 Å². The summed E-state index contributed by atoms with van der Waals surface area (Å²) in [4.78, 5) is 77.2. The molecule has 3 aromatic heterocycles. The van der Waals surface area contributed by atoms with E-state index in [4.69, 9.17) is 9.72 Å². The number of nitrogens with zero attached hydrogens (tertiary/aromatic N) is 6. The number of carbonyl (C=O) groups is 5. The Morgan fingerprint density at radius 1 is 0.901 bits per heavy atom. The maximum absolute atomic E-state index is 13.6. The molecule has 3 aliphatic heterocycles. The van der Waals surface area contributed by atoms with Crippen molar-refractivity contribution in [3.05, 3.63) is 125 Å². The molecule has 0 spiro atoms. The van der Waals surface area contributed by atoms with E-state index in [2.05, 4.69) is 37.9 Å². The smallest absolute Gasteiger partial charge is 0.355 e. The van der Waals surface area contributed by atoms with Gasteiger partial charge in [-0.05, 0) is 154 Å². The van der Waals surface area contributed by atoms with Gasteiger partial charge < -0.3 is 20.1 Å². The average Bonchev–Trinajstić information content (AvgIpc) is 3.92. The van der Waals surface area contributed by atoms with Gasteiger partial charge >= 0.3 is 5.97 Å². The molecule has 3 aliphatic rings. The van der Waals surface area contributed by atoms with Crippen LogP contribution in [0.4, 0.5) is 16.6 Å². The van der Waals surface area contributed by atoms with Gasteiger partial charge in [0.15, 0.2) is 10.8 Å². The summed E-state index contributed by atoms with van der Waals surface area (Å²) >= 11 is 1.43. The molecule has 16 nitrogen and oxygen atoms in total. The molecule has 0 saturated carbocycles. The zero-order chi connectivity index (χ0) is 49.3. The number of ether oxygens (including phenoxy) is 1. The first-order valence-electron chi connectivity index (χ1n) is 24.2. The number of carboxylic acid groups (broad SMARTS) is 1. The third kappa shape index (κ3) is 10.2. The fourth-order valence-corrected chi connectivity index (χ4v) is 11.1. The average molecular weight is 974 g/mol. The molecule has 71 heavy (non-hydrogen) atoms. The lowest BCUT2D eigenvalue weighted by Gasteiger charge is -2.32. The third-order valence-corrected chi connectivity index (χ3v) is 15.0. The van der Waals surface area contributed by atoms with Gasteiger partial charge in [0, 0.05) is 48.8 Å². The van der Waals surface area contributed by atoms with Gasteiger partial charge in [0.05, 0.1) is 40.0 Å². The molecule has 6 heterocycles. The minimum absolute atomic E-state index is 0.0368. The molecule has 7 aromatic rings. The molecule has 4 amide bonds. The molecule has 2 atom stereocenters. The number of nitrogens with one attached hydrogen (secondary N) is 3. The normalized spacial score (nSPS) is 16.9. The van der Waals surface area contributed by atoms with Gasteiger partial charge in [-0.2, -0.15) is 5.10 Å². The largest absolute Gasteiger partial charge is 0.491 e. The maximum atomic E-state index is 13.6. The molecule has 10 rings (SSSR count). The van der Waals surface area contributed by atoms with Gasteiger partial charge in [0.25, 0.3) is 5.91 Å². The summed E-state index contributed by atoms with van der Waals surface area (Å²) in [5.41, 5.74) is 7.54. The first-order valence-corrected chi connectivity index (χ1v) is 25.0. The number of hydrogen-bond acceptors (Lipinski definition) is 12. The SMILES string of the molecule is Cc1cc(OC(C)CCC2CCN(CC(=O)Nc3ccc4c(C5CCC(=O)NC5=O)nn(C)c4c3)CC2)ccc1-c1ccc(N2CCc3cccc(C(=O)Nc4nc5ccccc5s4)c3C2)nc1C(=O)O. The van der Waals surface area contributed by atoms with Crippen LogP contribution < -0.4 is 25.6 Å². The number of aromatic carboxylic acids is 1. The monoisotopic (exact) mass is 973 g/mol. The van der Waals surface area contributed by atoms with E-state index in [-0.39, 0.29) is 41.8 Å². The lowest BCUT2D eigenvalue weighted by Crippen LogP contribution is -2.39. The van der Waals surface area contributed by atoms with E-state index < -0.39 is 11.9 Å². The number of piperidine rings is 2. The number of amides is 4. The molecule has 0 radical (unpaired) electrons. The molecular formula is C54H55N9O7S. The van der Waals surface area contributed by atoms with Crippen molar-refractivity contribution in [2.75, 3.05) is 41.7 Å². The Morgan fingerprint density at radius 2 is 1.72 bits per heavy atom. The lowest BCUT2D eigenvalue weighted by molar-refractivity contribution is -0.134. The van der Waals surface area contributed by atoms with Crippen LogP contribution in [0.3, 0.4) is 0 Å². The summed E-state index contributed by atoms with van der Waals surface area (Å²) in [5.74, 6) is -0.766. The van der Waals surface area contributed by atoms with Crippen LogP contribution in [0.15, 0.2) is 91.0 Å². The van der Waals surface area contributed by atoms with Crippen molar-refractivity contribution in [1.29, 1.82) is 0 Å². The van der Waals surface area contributed by atoms with Crippen molar-refractivity contribution in [2.45, 2.75) is 77.4 Å². The number of pyridine rings is 1. The number of aromatic nitrogens is 4. The molecule has 4 aromatic carbocycles. The van der Waals surface area contributed by atoms with E-state index in [0.717, 1.165) is 82.1 Å². The first-order chi connectivity index (χ1) is 34.3. The predicted octanol–water partition coefficient (Wildman–Crippen LogP) is 8.49. The van der Waals surface area contributed by atoms with Gasteiger partial charge in [0.2, 0.25) is 17.7 Å². The van der Waals surface area contributed by atoms with Crippen LogP contribution in [0.1, 0.15) is 94.6 Å². The Labute approximate surface area is 414 Å². The fraction of sp³-hybridized carbons (Fsp3) is 0.333.